The van der Waals surface area contributed by atoms with Crippen molar-refractivity contribution in [3.05, 3.63) is 273 Å². The van der Waals surface area contributed by atoms with Gasteiger partial charge in [0.05, 0.1) is 11.0 Å². The summed E-state index contributed by atoms with van der Waals surface area (Å²) in [6.07, 6.45) is 0. The smallest absolute Gasteiger partial charge is 0.0553 e. The average molecular weight is 904 g/mol. The summed E-state index contributed by atoms with van der Waals surface area (Å²) in [5.74, 6) is 0. The summed E-state index contributed by atoms with van der Waals surface area (Å²) in [5.41, 5.74) is 14.8. The monoisotopic (exact) mass is 903 g/mol. The molecule has 3 nitrogen and oxygen atoms in total. The van der Waals surface area contributed by atoms with Crippen molar-refractivity contribution in [2.75, 3.05) is 9.80 Å². The standard InChI is InChI=1S/C68H45N3/c1-4-13-46(14-5-1)48-25-32-57(33-26-48)70(60-39-37-59(38-40-60)69(55-19-6-2-7-20-55)56-21-8-3-9-22-56)58-34-27-49(28-35-58)53-31-41-62-64(44-53)71(61-36-29-47-15-10-11-16-52(47)43-61)65-45-54-24-23-50-17-12-18-51-30-42-63(68(62)65)67(54)66(50)51/h1-45H. The van der Waals surface area contributed by atoms with Crippen LogP contribution in [0.1, 0.15) is 0 Å². The molecular formula is C68H45N3. The first-order valence-corrected chi connectivity index (χ1v) is 24.4. The lowest BCUT2D eigenvalue weighted by Gasteiger charge is -2.28. The van der Waals surface area contributed by atoms with Crippen molar-refractivity contribution in [3.8, 4) is 27.9 Å². The van der Waals surface area contributed by atoms with E-state index in [0.29, 0.717) is 0 Å². The third-order valence-electron chi connectivity index (χ3n) is 14.5. The van der Waals surface area contributed by atoms with Gasteiger partial charge in [0.15, 0.2) is 0 Å². The summed E-state index contributed by atoms with van der Waals surface area (Å²) in [7, 11) is 0. The van der Waals surface area contributed by atoms with E-state index in [2.05, 4.69) is 287 Å². The van der Waals surface area contributed by atoms with Crippen LogP contribution in [-0.2, 0) is 0 Å². The van der Waals surface area contributed by atoms with Gasteiger partial charge in [-0.25, -0.2) is 0 Å². The van der Waals surface area contributed by atoms with Gasteiger partial charge in [0.25, 0.3) is 0 Å². The van der Waals surface area contributed by atoms with Crippen molar-refractivity contribution in [2.45, 2.75) is 0 Å². The second kappa shape index (κ2) is 16.7. The number of benzene rings is 13. The van der Waals surface area contributed by atoms with Crippen LogP contribution in [0, 0.1) is 0 Å². The number of fused-ring (bicyclic) bond motifs is 5. The summed E-state index contributed by atoms with van der Waals surface area (Å²) in [6, 6.07) is 99.6. The molecule has 1 heterocycles. The van der Waals surface area contributed by atoms with Gasteiger partial charge in [-0.2, -0.15) is 0 Å². The fraction of sp³-hybridized carbons (Fsp3) is 0. The zero-order valence-corrected chi connectivity index (χ0v) is 38.8. The second-order valence-corrected chi connectivity index (χ2v) is 18.5. The molecule has 13 aromatic carbocycles. The quantitative estimate of drug-likeness (QED) is 0.134. The van der Waals surface area contributed by atoms with Gasteiger partial charge < -0.3 is 14.4 Å². The molecule has 0 saturated carbocycles. The number of aromatic nitrogens is 1. The molecule has 14 rings (SSSR count). The lowest BCUT2D eigenvalue weighted by atomic mass is 9.92. The van der Waals surface area contributed by atoms with Crippen LogP contribution < -0.4 is 9.80 Å². The normalized spacial score (nSPS) is 11.7. The minimum absolute atomic E-state index is 1.07. The summed E-state index contributed by atoms with van der Waals surface area (Å²) < 4.78 is 2.49. The maximum Gasteiger partial charge on any atom is 0.0553 e. The minimum atomic E-state index is 1.07. The molecule has 332 valence electrons. The molecule has 14 aromatic rings. The molecular weight excluding hydrogens is 859 g/mol. The molecule has 0 aliphatic rings. The first kappa shape index (κ1) is 40.6. The molecule has 0 saturated heterocycles. The number of para-hydroxylation sites is 2. The molecule has 1 aromatic heterocycles. The van der Waals surface area contributed by atoms with Crippen LogP contribution in [0.3, 0.4) is 0 Å². The molecule has 0 N–H and O–H groups in total. The van der Waals surface area contributed by atoms with Crippen LogP contribution in [0.25, 0.3) is 92.8 Å². The SMILES string of the molecule is c1ccc(-c2ccc(N(c3ccc(-c4ccc5c6c7ccc8cccc9ccc(cc6n(-c6ccc%10ccccc%10c6)c5c4)c7c98)cc3)c3ccc(N(c4ccccc4)c4ccccc4)cc3)cc2)cc1. The van der Waals surface area contributed by atoms with Crippen molar-refractivity contribution in [2.24, 2.45) is 0 Å². The number of rotatable bonds is 9. The highest BCUT2D eigenvalue weighted by molar-refractivity contribution is 6.33. The molecule has 0 bridgehead atoms. The van der Waals surface area contributed by atoms with E-state index < -0.39 is 0 Å². The average Bonchev–Trinajstić information content (AvgIpc) is 3.77. The van der Waals surface area contributed by atoms with Crippen LogP contribution in [0.4, 0.5) is 34.1 Å². The Morgan fingerprint density at radius 2 is 0.662 bits per heavy atom. The van der Waals surface area contributed by atoms with Gasteiger partial charge in [-0.1, -0.05) is 176 Å². The lowest BCUT2D eigenvalue weighted by molar-refractivity contribution is 1.19. The van der Waals surface area contributed by atoms with Crippen LogP contribution >= 0.6 is 0 Å². The number of anilines is 6. The van der Waals surface area contributed by atoms with Gasteiger partial charge in [-0.05, 0) is 162 Å². The van der Waals surface area contributed by atoms with E-state index in [9.17, 15) is 0 Å². The molecule has 0 fully saturated rings. The van der Waals surface area contributed by atoms with E-state index in [1.807, 2.05) is 0 Å². The van der Waals surface area contributed by atoms with Crippen molar-refractivity contribution in [3.63, 3.8) is 0 Å². The van der Waals surface area contributed by atoms with E-state index in [1.165, 1.54) is 81.6 Å². The first-order valence-electron chi connectivity index (χ1n) is 24.4. The predicted molar refractivity (Wildman–Crippen MR) is 302 cm³/mol. The first-order chi connectivity index (χ1) is 35.2. The molecule has 0 aliphatic heterocycles. The topological polar surface area (TPSA) is 11.4 Å². The fourth-order valence-corrected chi connectivity index (χ4v) is 11.1. The summed E-state index contributed by atoms with van der Waals surface area (Å²) in [6.45, 7) is 0. The highest BCUT2D eigenvalue weighted by Gasteiger charge is 2.21. The Morgan fingerprint density at radius 3 is 1.28 bits per heavy atom. The Bertz CT molecular complexity index is 4180. The Morgan fingerprint density at radius 1 is 0.225 bits per heavy atom. The zero-order valence-electron chi connectivity index (χ0n) is 38.8. The van der Waals surface area contributed by atoms with Crippen molar-refractivity contribution in [1.29, 1.82) is 0 Å². The molecule has 0 amide bonds. The van der Waals surface area contributed by atoms with Gasteiger partial charge in [-0.3, -0.25) is 0 Å². The second-order valence-electron chi connectivity index (χ2n) is 18.5. The predicted octanol–water partition coefficient (Wildman–Crippen LogP) is 19.1. The lowest BCUT2D eigenvalue weighted by Crippen LogP contribution is -2.12. The van der Waals surface area contributed by atoms with Gasteiger partial charge in [0.1, 0.15) is 0 Å². The van der Waals surface area contributed by atoms with Crippen LogP contribution in [0.5, 0.6) is 0 Å². The Balaban J connectivity index is 0.900. The van der Waals surface area contributed by atoms with Crippen LogP contribution in [0.15, 0.2) is 273 Å². The molecule has 0 unspecified atom stereocenters. The van der Waals surface area contributed by atoms with Crippen LogP contribution in [-0.4, -0.2) is 4.57 Å². The molecule has 71 heavy (non-hydrogen) atoms. The van der Waals surface area contributed by atoms with Crippen molar-refractivity contribution >= 4 is 99.0 Å². The Labute approximate surface area is 412 Å². The van der Waals surface area contributed by atoms with Gasteiger partial charge in [0, 0.05) is 50.6 Å². The van der Waals surface area contributed by atoms with E-state index in [0.717, 1.165) is 45.4 Å². The molecule has 3 heteroatoms. The minimum Gasteiger partial charge on any atom is -0.311 e. The van der Waals surface area contributed by atoms with Gasteiger partial charge in [0.2, 0.25) is 0 Å². The van der Waals surface area contributed by atoms with Crippen molar-refractivity contribution < 1.29 is 0 Å². The largest absolute Gasteiger partial charge is 0.311 e. The molecule has 0 radical (unpaired) electrons. The summed E-state index contributed by atoms with van der Waals surface area (Å²) in [5, 5.41) is 12.8. The Hall–Kier alpha value is -9.44. The zero-order chi connectivity index (χ0) is 46.8. The Kier molecular flexibility index (Phi) is 9.53. The van der Waals surface area contributed by atoms with E-state index in [-0.39, 0.29) is 0 Å². The summed E-state index contributed by atoms with van der Waals surface area (Å²) in [4.78, 5) is 4.66. The molecule has 0 aliphatic carbocycles. The number of hydrogen-bond acceptors (Lipinski definition) is 2. The van der Waals surface area contributed by atoms with Gasteiger partial charge >= 0.3 is 0 Å². The number of hydrogen-bond donors (Lipinski definition) is 0. The highest BCUT2D eigenvalue weighted by Crippen LogP contribution is 2.45. The third kappa shape index (κ3) is 6.89. The fourth-order valence-electron chi connectivity index (χ4n) is 11.1. The third-order valence-corrected chi connectivity index (χ3v) is 14.5. The number of nitrogens with zero attached hydrogens (tertiary/aromatic N) is 3. The van der Waals surface area contributed by atoms with E-state index in [1.54, 1.807) is 0 Å². The van der Waals surface area contributed by atoms with Gasteiger partial charge in [-0.15, -0.1) is 0 Å². The molecule has 0 atom stereocenters. The summed E-state index contributed by atoms with van der Waals surface area (Å²) >= 11 is 0. The highest BCUT2D eigenvalue weighted by atomic mass is 15.2. The van der Waals surface area contributed by atoms with Crippen LogP contribution in [0.2, 0.25) is 0 Å². The van der Waals surface area contributed by atoms with E-state index >= 15 is 0 Å². The molecule has 0 spiro atoms. The maximum atomic E-state index is 2.49. The van der Waals surface area contributed by atoms with Crippen molar-refractivity contribution in [1.82, 2.24) is 4.57 Å². The van der Waals surface area contributed by atoms with E-state index in [4.69, 9.17) is 0 Å². The maximum absolute atomic E-state index is 2.49.